The van der Waals surface area contributed by atoms with Crippen LogP contribution < -0.4 is 0 Å². The predicted molar refractivity (Wildman–Crippen MR) is 223 cm³/mol. The number of phosphoric acid groups is 1. The fourth-order valence-corrected chi connectivity index (χ4v) is 6.44. The number of allylic oxidation sites excluding steroid dienone is 8. The second-order valence-corrected chi connectivity index (χ2v) is 15.8. The molecule has 0 rings (SSSR count). The maximum absolute atomic E-state index is 12.6. The minimum absolute atomic E-state index is 0.0354. The number of aliphatic hydroxyl groups is 2. The van der Waals surface area contributed by atoms with Crippen LogP contribution in [-0.4, -0.2) is 66.3 Å². The van der Waals surface area contributed by atoms with Crippen molar-refractivity contribution in [3.8, 4) is 0 Å². The third-order valence-corrected chi connectivity index (χ3v) is 9.94. The van der Waals surface area contributed by atoms with Gasteiger partial charge in [0.1, 0.15) is 12.2 Å². The van der Waals surface area contributed by atoms with Gasteiger partial charge in [-0.25, -0.2) is 4.57 Å². The lowest BCUT2D eigenvalue weighted by atomic mass is 10.1. The van der Waals surface area contributed by atoms with Gasteiger partial charge in [0.05, 0.1) is 26.4 Å². The molecule has 54 heavy (non-hydrogen) atoms. The van der Waals surface area contributed by atoms with E-state index in [4.69, 9.17) is 23.6 Å². The van der Waals surface area contributed by atoms with Crippen molar-refractivity contribution in [2.24, 2.45) is 0 Å². The van der Waals surface area contributed by atoms with Crippen molar-refractivity contribution in [3.05, 3.63) is 48.6 Å². The molecule has 0 aliphatic heterocycles. The zero-order valence-corrected chi connectivity index (χ0v) is 35.3. The monoisotopic (exact) mass is 785 g/mol. The van der Waals surface area contributed by atoms with Crippen molar-refractivity contribution in [2.75, 3.05) is 33.0 Å². The fraction of sp³-hybridized carbons (Fsp3) is 0.795. The number of carbonyl (C=O) groups excluding carboxylic acids is 1. The van der Waals surface area contributed by atoms with E-state index in [-0.39, 0.29) is 19.6 Å². The Kier molecular flexibility index (Phi) is 39.9. The van der Waals surface area contributed by atoms with Crippen LogP contribution in [0.1, 0.15) is 181 Å². The largest absolute Gasteiger partial charge is 0.472 e. The van der Waals surface area contributed by atoms with Crippen molar-refractivity contribution in [1.82, 2.24) is 0 Å². The second-order valence-electron chi connectivity index (χ2n) is 14.4. The Hall–Kier alpha value is -1.58. The Bertz CT molecular complexity index is 981. The molecule has 0 aromatic carbocycles. The van der Waals surface area contributed by atoms with Crippen LogP contribution in [0.4, 0.5) is 0 Å². The Morgan fingerprint density at radius 2 is 1.00 bits per heavy atom. The van der Waals surface area contributed by atoms with Crippen LogP contribution in [-0.2, 0) is 27.9 Å². The summed E-state index contributed by atoms with van der Waals surface area (Å²) in [6.07, 6.45) is 44.9. The van der Waals surface area contributed by atoms with Crippen molar-refractivity contribution in [3.63, 3.8) is 0 Å². The van der Waals surface area contributed by atoms with E-state index in [2.05, 4.69) is 62.5 Å². The van der Waals surface area contributed by atoms with Gasteiger partial charge in [0.25, 0.3) is 0 Å². The summed E-state index contributed by atoms with van der Waals surface area (Å²) in [5.74, 6) is -0.401. The van der Waals surface area contributed by atoms with Gasteiger partial charge >= 0.3 is 13.8 Å². The van der Waals surface area contributed by atoms with Crippen LogP contribution in [0, 0.1) is 0 Å². The van der Waals surface area contributed by atoms with Gasteiger partial charge in [0.2, 0.25) is 0 Å². The van der Waals surface area contributed by atoms with E-state index in [1.165, 1.54) is 83.5 Å². The maximum Gasteiger partial charge on any atom is 0.472 e. The van der Waals surface area contributed by atoms with E-state index >= 15 is 0 Å². The molecule has 0 spiro atoms. The van der Waals surface area contributed by atoms with Gasteiger partial charge in [-0.05, 0) is 77.0 Å². The van der Waals surface area contributed by atoms with Gasteiger partial charge < -0.3 is 24.6 Å². The van der Waals surface area contributed by atoms with Crippen LogP contribution >= 0.6 is 7.82 Å². The third kappa shape index (κ3) is 40.1. The highest BCUT2D eigenvalue weighted by Gasteiger charge is 2.26. The van der Waals surface area contributed by atoms with Crippen LogP contribution in [0.3, 0.4) is 0 Å². The lowest BCUT2D eigenvalue weighted by molar-refractivity contribution is -0.154. The molecular formula is C44H81O9P. The topological polar surface area (TPSA) is 132 Å². The van der Waals surface area contributed by atoms with E-state index < -0.39 is 39.2 Å². The average molecular weight is 785 g/mol. The number of aliphatic hydroxyl groups excluding tert-OH is 2. The van der Waals surface area contributed by atoms with Crippen LogP contribution in [0.15, 0.2) is 48.6 Å². The van der Waals surface area contributed by atoms with Gasteiger partial charge in [-0.2, -0.15) is 0 Å². The lowest BCUT2D eigenvalue weighted by Gasteiger charge is -2.20. The lowest BCUT2D eigenvalue weighted by Crippen LogP contribution is -2.29. The number of hydrogen-bond acceptors (Lipinski definition) is 8. The summed E-state index contributed by atoms with van der Waals surface area (Å²) in [6, 6.07) is 0. The number of unbranched alkanes of at least 4 members (excludes halogenated alkanes) is 19. The molecule has 0 aliphatic carbocycles. The Balaban J connectivity index is 4.23. The van der Waals surface area contributed by atoms with Crippen molar-refractivity contribution in [1.29, 1.82) is 0 Å². The van der Waals surface area contributed by atoms with Gasteiger partial charge in [-0.15, -0.1) is 0 Å². The molecule has 0 radical (unpaired) electrons. The molecule has 3 N–H and O–H groups in total. The zero-order chi connectivity index (χ0) is 39.6. The van der Waals surface area contributed by atoms with E-state index in [0.717, 1.165) is 70.6 Å². The third-order valence-electron chi connectivity index (χ3n) is 8.99. The summed E-state index contributed by atoms with van der Waals surface area (Å²) in [7, 11) is -4.52. The molecule has 0 amide bonds. The molecule has 9 nitrogen and oxygen atoms in total. The molecule has 0 aliphatic rings. The van der Waals surface area contributed by atoms with Gasteiger partial charge in [0.15, 0.2) is 0 Å². The summed E-state index contributed by atoms with van der Waals surface area (Å²) in [4.78, 5) is 22.6. The van der Waals surface area contributed by atoms with Crippen molar-refractivity contribution < 1.29 is 43.0 Å². The number of ether oxygens (including phenoxy) is 2. The Morgan fingerprint density at radius 1 is 0.574 bits per heavy atom. The standard InChI is InChI=1S/C44H81O9P/c1-3-5-7-9-11-13-15-17-19-21-23-25-27-29-31-33-35-37-50-40-43(41-52-54(48,49)51-39-42(46)38-45)53-44(47)36-34-32-30-28-26-24-22-20-18-16-14-12-10-8-6-4-2/h13-16,19-22,42-43,45-46H,3-12,17-18,23-41H2,1-2H3,(H,48,49)/b15-13-,16-14-,21-19-,22-20-. The molecule has 0 bridgehead atoms. The fourth-order valence-electron chi connectivity index (χ4n) is 5.65. The molecule has 316 valence electrons. The van der Waals surface area contributed by atoms with E-state index in [1.54, 1.807) is 0 Å². The molecule has 0 aromatic heterocycles. The summed E-state index contributed by atoms with van der Waals surface area (Å²) < 4.78 is 33.3. The first-order chi connectivity index (χ1) is 26.3. The summed E-state index contributed by atoms with van der Waals surface area (Å²) in [6.45, 7) is 3.44. The molecule has 0 saturated carbocycles. The molecular weight excluding hydrogens is 703 g/mol. The molecule has 0 aromatic rings. The molecule has 0 fully saturated rings. The van der Waals surface area contributed by atoms with Gasteiger partial charge in [-0.3, -0.25) is 13.8 Å². The summed E-state index contributed by atoms with van der Waals surface area (Å²) in [5.41, 5.74) is 0. The normalized spacial score (nSPS) is 14.5. The summed E-state index contributed by atoms with van der Waals surface area (Å²) >= 11 is 0. The molecule has 0 heterocycles. The van der Waals surface area contributed by atoms with E-state index in [9.17, 15) is 19.4 Å². The highest BCUT2D eigenvalue weighted by molar-refractivity contribution is 7.47. The molecule has 3 unspecified atom stereocenters. The first-order valence-corrected chi connectivity index (χ1v) is 23.1. The van der Waals surface area contributed by atoms with E-state index in [1.807, 2.05) is 0 Å². The summed E-state index contributed by atoms with van der Waals surface area (Å²) in [5, 5.41) is 18.3. The zero-order valence-electron chi connectivity index (χ0n) is 34.4. The van der Waals surface area contributed by atoms with Gasteiger partial charge in [-0.1, -0.05) is 146 Å². The molecule has 0 saturated heterocycles. The van der Waals surface area contributed by atoms with Crippen LogP contribution in [0.2, 0.25) is 0 Å². The van der Waals surface area contributed by atoms with Crippen LogP contribution in [0.25, 0.3) is 0 Å². The van der Waals surface area contributed by atoms with E-state index in [0.29, 0.717) is 13.0 Å². The smallest absolute Gasteiger partial charge is 0.457 e. The maximum atomic E-state index is 12.6. The quantitative estimate of drug-likeness (QED) is 0.0240. The number of esters is 1. The number of hydrogen-bond donors (Lipinski definition) is 3. The SMILES string of the molecule is CCCCCC/C=C\C/C=C\CCCCCCCCOCC(COP(=O)(O)OCC(O)CO)OC(=O)CCCCCCC/C=C\C/C=C\CCCCCC. The minimum atomic E-state index is -4.52. The number of rotatable bonds is 41. The highest BCUT2D eigenvalue weighted by Crippen LogP contribution is 2.43. The number of phosphoric ester groups is 1. The van der Waals surface area contributed by atoms with Crippen molar-refractivity contribution >= 4 is 13.8 Å². The van der Waals surface area contributed by atoms with Crippen molar-refractivity contribution in [2.45, 2.75) is 193 Å². The van der Waals surface area contributed by atoms with Gasteiger partial charge in [0, 0.05) is 13.0 Å². The second kappa shape index (κ2) is 41.1. The first-order valence-electron chi connectivity index (χ1n) is 21.6. The Morgan fingerprint density at radius 3 is 1.48 bits per heavy atom. The Labute approximate surface area is 330 Å². The minimum Gasteiger partial charge on any atom is -0.457 e. The molecule has 10 heteroatoms. The van der Waals surface area contributed by atoms with Crippen LogP contribution in [0.5, 0.6) is 0 Å². The molecule has 3 atom stereocenters. The average Bonchev–Trinajstić information content (AvgIpc) is 3.16. The first kappa shape index (κ1) is 52.4. The number of carbonyl (C=O) groups is 1. The predicted octanol–water partition coefficient (Wildman–Crippen LogP) is 11.8. The highest BCUT2D eigenvalue weighted by atomic mass is 31.2.